The van der Waals surface area contributed by atoms with Crippen molar-refractivity contribution in [1.29, 1.82) is 0 Å². The number of aromatic nitrogens is 1. The zero-order valence-corrected chi connectivity index (χ0v) is 11.0. The molecular weight excluding hydrogens is 250 g/mol. The van der Waals surface area contributed by atoms with E-state index in [1.54, 1.807) is 12.3 Å². The summed E-state index contributed by atoms with van der Waals surface area (Å²) >= 11 is 0. The Labute approximate surface area is 116 Å². The first kappa shape index (κ1) is 12.4. The van der Waals surface area contributed by atoms with Gasteiger partial charge in [-0.2, -0.15) is 0 Å². The number of rotatable bonds is 2. The van der Waals surface area contributed by atoms with Gasteiger partial charge >= 0.3 is 5.97 Å². The molecular formula is C17H13NO2. The molecule has 0 aliphatic heterocycles. The van der Waals surface area contributed by atoms with Crippen LogP contribution in [0.5, 0.6) is 0 Å². The normalized spacial score (nSPS) is 10.4. The highest BCUT2D eigenvalue weighted by atomic mass is 16.5. The molecule has 1 aromatic heterocycles. The lowest BCUT2D eigenvalue weighted by atomic mass is 10.0. The van der Waals surface area contributed by atoms with Crippen LogP contribution in [-0.2, 0) is 4.74 Å². The first-order valence-corrected chi connectivity index (χ1v) is 6.31. The number of methoxy groups -OCH3 is 1. The quantitative estimate of drug-likeness (QED) is 0.662. The summed E-state index contributed by atoms with van der Waals surface area (Å²) in [7, 11) is 1.35. The third-order valence-corrected chi connectivity index (χ3v) is 3.24. The summed E-state index contributed by atoms with van der Waals surface area (Å²) in [6.45, 7) is 0. The molecule has 0 bridgehead atoms. The van der Waals surface area contributed by atoms with E-state index >= 15 is 0 Å². The minimum absolute atomic E-state index is 0.318. The average Bonchev–Trinajstić information content (AvgIpc) is 2.53. The molecule has 0 saturated carbocycles. The molecule has 0 spiro atoms. The van der Waals surface area contributed by atoms with E-state index in [9.17, 15) is 4.79 Å². The SMILES string of the molecule is COC(=O)c1cc(-c2ccc3ccccc3c2)ccn1. The Bertz CT molecular complexity index is 781. The van der Waals surface area contributed by atoms with Crippen LogP contribution in [-0.4, -0.2) is 18.1 Å². The molecule has 0 radical (unpaired) electrons. The summed E-state index contributed by atoms with van der Waals surface area (Å²) in [5.74, 6) is -0.423. The van der Waals surface area contributed by atoms with E-state index in [1.165, 1.54) is 17.9 Å². The molecule has 3 heteroatoms. The highest BCUT2D eigenvalue weighted by Gasteiger charge is 2.08. The van der Waals surface area contributed by atoms with Gasteiger partial charge in [-0.1, -0.05) is 36.4 Å². The second-order valence-electron chi connectivity index (χ2n) is 4.48. The Morgan fingerprint density at radius 1 is 0.950 bits per heavy atom. The van der Waals surface area contributed by atoms with Gasteiger partial charge in [0.15, 0.2) is 0 Å². The van der Waals surface area contributed by atoms with Gasteiger partial charge in [0.25, 0.3) is 0 Å². The molecule has 3 aromatic rings. The van der Waals surface area contributed by atoms with Crippen molar-refractivity contribution < 1.29 is 9.53 Å². The fraction of sp³-hybridized carbons (Fsp3) is 0.0588. The largest absolute Gasteiger partial charge is 0.464 e. The van der Waals surface area contributed by atoms with Crippen LogP contribution in [0.2, 0.25) is 0 Å². The summed E-state index contributed by atoms with van der Waals surface area (Å²) in [5, 5.41) is 2.36. The summed E-state index contributed by atoms with van der Waals surface area (Å²) in [6.07, 6.45) is 1.62. The number of fused-ring (bicyclic) bond motifs is 1. The van der Waals surface area contributed by atoms with E-state index in [4.69, 9.17) is 4.74 Å². The zero-order chi connectivity index (χ0) is 13.9. The number of carbonyl (C=O) groups is 1. The lowest BCUT2D eigenvalue weighted by Crippen LogP contribution is -2.03. The minimum Gasteiger partial charge on any atom is -0.464 e. The van der Waals surface area contributed by atoms with Gasteiger partial charge in [-0.15, -0.1) is 0 Å². The predicted molar refractivity (Wildman–Crippen MR) is 78.5 cm³/mol. The van der Waals surface area contributed by atoms with Crippen molar-refractivity contribution >= 4 is 16.7 Å². The maximum absolute atomic E-state index is 11.5. The van der Waals surface area contributed by atoms with Crippen LogP contribution in [0.1, 0.15) is 10.5 Å². The highest BCUT2D eigenvalue weighted by Crippen LogP contribution is 2.24. The van der Waals surface area contributed by atoms with E-state index in [0.717, 1.165) is 11.1 Å². The summed E-state index contributed by atoms with van der Waals surface area (Å²) in [4.78, 5) is 15.5. The lowest BCUT2D eigenvalue weighted by Gasteiger charge is -2.05. The predicted octanol–water partition coefficient (Wildman–Crippen LogP) is 3.69. The summed E-state index contributed by atoms with van der Waals surface area (Å²) in [6, 6.07) is 18.0. The van der Waals surface area contributed by atoms with Gasteiger partial charge in [0.05, 0.1) is 7.11 Å². The molecule has 20 heavy (non-hydrogen) atoms. The molecule has 0 aliphatic rings. The van der Waals surface area contributed by atoms with E-state index in [-0.39, 0.29) is 0 Å². The van der Waals surface area contributed by atoms with Gasteiger partial charge in [-0.25, -0.2) is 9.78 Å². The fourth-order valence-corrected chi connectivity index (χ4v) is 2.20. The summed E-state index contributed by atoms with van der Waals surface area (Å²) in [5.41, 5.74) is 2.32. The standard InChI is InChI=1S/C17H13NO2/c1-20-17(19)16-11-15(8-9-18-16)14-7-6-12-4-2-3-5-13(12)10-14/h2-11H,1H3. The number of carbonyl (C=O) groups excluding carboxylic acids is 1. The maximum Gasteiger partial charge on any atom is 0.356 e. The van der Waals surface area contributed by atoms with Gasteiger partial charge < -0.3 is 4.74 Å². The Morgan fingerprint density at radius 3 is 2.50 bits per heavy atom. The number of benzene rings is 2. The zero-order valence-electron chi connectivity index (χ0n) is 11.0. The van der Waals surface area contributed by atoms with Crippen LogP contribution in [0.25, 0.3) is 21.9 Å². The van der Waals surface area contributed by atoms with Crippen LogP contribution in [0.3, 0.4) is 0 Å². The van der Waals surface area contributed by atoms with E-state index in [1.807, 2.05) is 24.3 Å². The number of esters is 1. The number of pyridine rings is 1. The van der Waals surface area contributed by atoms with Crippen molar-refractivity contribution in [1.82, 2.24) is 4.98 Å². The summed E-state index contributed by atoms with van der Waals surface area (Å²) < 4.78 is 4.70. The Morgan fingerprint density at radius 2 is 1.70 bits per heavy atom. The number of hydrogen-bond donors (Lipinski definition) is 0. The van der Waals surface area contributed by atoms with Gasteiger partial charge in [-0.3, -0.25) is 0 Å². The Kier molecular flexibility index (Phi) is 3.17. The molecule has 98 valence electrons. The molecule has 2 aromatic carbocycles. The van der Waals surface area contributed by atoms with Crippen LogP contribution in [0.4, 0.5) is 0 Å². The van der Waals surface area contributed by atoms with Crippen molar-refractivity contribution in [2.45, 2.75) is 0 Å². The average molecular weight is 263 g/mol. The van der Waals surface area contributed by atoms with Crippen molar-refractivity contribution in [3.05, 3.63) is 66.5 Å². The molecule has 3 rings (SSSR count). The molecule has 0 amide bonds. The van der Waals surface area contributed by atoms with Gasteiger partial charge in [0, 0.05) is 6.20 Å². The van der Waals surface area contributed by atoms with Gasteiger partial charge in [0.1, 0.15) is 5.69 Å². The van der Waals surface area contributed by atoms with Gasteiger partial charge in [0.2, 0.25) is 0 Å². The fourth-order valence-electron chi connectivity index (χ4n) is 2.20. The van der Waals surface area contributed by atoms with Gasteiger partial charge in [-0.05, 0) is 40.1 Å². The first-order valence-electron chi connectivity index (χ1n) is 6.31. The first-order chi connectivity index (χ1) is 9.78. The van der Waals surface area contributed by atoms with Crippen LogP contribution < -0.4 is 0 Å². The number of hydrogen-bond acceptors (Lipinski definition) is 3. The van der Waals surface area contributed by atoms with Crippen LogP contribution in [0, 0.1) is 0 Å². The minimum atomic E-state index is -0.423. The molecule has 1 heterocycles. The van der Waals surface area contributed by atoms with E-state index in [0.29, 0.717) is 5.69 Å². The monoisotopic (exact) mass is 263 g/mol. The third kappa shape index (κ3) is 2.26. The molecule has 0 unspecified atom stereocenters. The second kappa shape index (κ2) is 5.13. The van der Waals surface area contributed by atoms with Crippen molar-refractivity contribution in [2.24, 2.45) is 0 Å². The smallest absolute Gasteiger partial charge is 0.356 e. The third-order valence-electron chi connectivity index (χ3n) is 3.24. The molecule has 0 atom stereocenters. The second-order valence-corrected chi connectivity index (χ2v) is 4.48. The highest BCUT2D eigenvalue weighted by molar-refractivity contribution is 5.90. The Balaban J connectivity index is 2.08. The lowest BCUT2D eigenvalue weighted by molar-refractivity contribution is 0.0594. The molecule has 0 N–H and O–H groups in total. The molecule has 0 fully saturated rings. The van der Waals surface area contributed by atoms with Crippen molar-refractivity contribution in [3.63, 3.8) is 0 Å². The van der Waals surface area contributed by atoms with E-state index in [2.05, 4.69) is 29.2 Å². The molecule has 0 aliphatic carbocycles. The van der Waals surface area contributed by atoms with E-state index < -0.39 is 5.97 Å². The van der Waals surface area contributed by atoms with Crippen molar-refractivity contribution in [3.8, 4) is 11.1 Å². The van der Waals surface area contributed by atoms with Crippen molar-refractivity contribution in [2.75, 3.05) is 7.11 Å². The topological polar surface area (TPSA) is 39.2 Å². The Hall–Kier alpha value is -2.68. The number of ether oxygens (including phenoxy) is 1. The van der Waals surface area contributed by atoms with Crippen LogP contribution in [0.15, 0.2) is 60.8 Å². The molecule has 3 nitrogen and oxygen atoms in total. The maximum atomic E-state index is 11.5. The molecule has 0 saturated heterocycles. The van der Waals surface area contributed by atoms with Crippen LogP contribution >= 0.6 is 0 Å². The number of nitrogens with zero attached hydrogens (tertiary/aromatic N) is 1.